The van der Waals surface area contributed by atoms with E-state index in [-0.39, 0.29) is 0 Å². The van der Waals surface area contributed by atoms with Gasteiger partial charge in [0.25, 0.3) is 0 Å². The summed E-state index contributed by atoms with van der Waals surface area (Å²) < 4.78 is 3.31. The quantitative estimate of drug-likeness (QED) is 0.879. The summed E-state index contributed by atoms with van der Waals surface area (Å²) in [5.74, 6) is 0.723. The zero-order valence-corrected chi connectivity index (χ0v) is 15.6. The van der Waals surface area contributed by atoms with E-state index in [2.05, 4.69) is 70.5 Å². The van der Waals surface area contributed by atoms with Crippen molar-refractivity contribution in [1.82, 2.24) is 20.0 Å². The second kappa shape index (κ2) is 7.25. The lowest BCUT2D eigenvalue weighted by Gasteiger charge is -2.41. The molecule has 1 aliphatic heterocycles. The molecule has 21 heavy (non-hydrogen) atoms. The first kappa shape index (κ1) is 17.0. The predicted octanol–water partition coefficient (Wildman–Crippen LogP) is 3.18. The van der Waals surface area contributed by atoms with Gasteiger partial charge < -0.3 is 5.32 Å². The molecule has 0 amide bonds. The molecule has 1 aromatic heterocycles. The highest BCUT2D eigenvalue weighted by molar-refractivity contribution is 9.10. The summed E-state index contributed by atoms with van der Waals surface area (Å²) in [6.07, 6.45) is 1.23. The van der Waals surface area contributed by atoms with Gasteiger partial charge in [0.05, 0.1) is 15.9 Å². The lowest BCUT2D eigenvalue weighted by Crippen LogP contribution is -2.57. The second-order valence-electron chi connectivity index (χ2n) is 6.34. The minimum absolute atomic E-state index is 0.567. The topological polar surface area (TPSA) is 33.1 Å². The van der Waals surface area contributed by atoms with E-state index in [1.165, 1.54) is 16.6 Å². The number of rotatable bonds is 5. The van der Waals surface area contributed by atoms with Gasteiger partial charge in [-0.3, -0.25) is 9.58 Å². The first-order valence-electron chi connectivity index (χ1n) is 8.17. The summed E-state index contributed by atoms with van der Waals surface area (Å²) >= 11 is 3.72. The fourth-order valence-corrected chi connectivity index (χ4v) is 3.46. The van der Waals surface area contributed by atoms with Gasteiger partial charge in [0.15, 0.2) is 0 Å². The van der Waals surface area contributed by atoms with Crippen molar-refractivity contribution in [3.8, 4) is 0 Å². The van der Waals surface area contributed by atoms with Crippen LogP contribution in [0.2, 0.25) is 0 Å². The van der Waals surface area contributed by atoms with Crippen molar-refractivity contribution < 1.29 is 0 Å². The lowest BCUT2D eigenvalue weighted by atomic mass is 9.95. The number of aromatic nitrogens is 2. The van der Waals surface area contributed by atoms with Gasteiger partial charge in [-0.05, 0) is 42.6 Å². The minimum Gasteiger partial charge on any atom is -0.311 e. The van der Waals surface area contributed by atoms with Gasteiger partial charge in [-0.2, -0.15) is 5.10 Å². The third-order valence-electron chi connectivity index (χ3n) is 4.87. The zero-order valence-electron chi connectivity index (χ0n) is 14.0. The molecular formula is C16H29BrN4. The van der Waals surface area contributed by atoms with Crippen LogP contribution in [0.4, 0.5) is 0 Å². The fraction of sp³-hybridized carbons (Fsp3) is 0.812. The molecule has 0 aliphatic carbocycles. The average Bonchev–Trinajstić information content (AvgIpc) is 2.76. The number of piperazine rings is 1. The first-order chi connectivity index (χ1) is 9.97. The van der Waals surface area contributed by atoms with Crippen LogP contribution in [0.3, 0.4) is 0 Å². The Kier molecular flexibility index (Phi) is 5.86. The summed E-state index contributed by atoms with van der Waals surface area (Å²) in [6, 6.07) is 1.17. The number of nitrogens with one attached hydrogen (secondary N) is 1. The molecule has 3 atom stereocenters. The molecule has 4 nitrogen and oxygen atoms in total. The van der Waals surface area contributed by atoms with Crippen molar-refractivity contribution in [2.45, 2.75) is 66.2 Å². The van der Waals surface area contributed by atoms with E-state index in [9.17, 15) is 0 Å². The Morgan fingerprint density at radius 1 is 1.43 bits per heavy atom. The monoisotopic (exact) mass is 356 g/mol. The molecule has 2 heterocycles. The van der Waals surface area contributed by atoms with Crippen molar-refractivity contribution in [2.24, 2.45) is 5.92 Å². The smallest absolute Gasteiger partial charge is 0.0739 e. The molecule has 0 saturated carbocycles. The van der Waals surface area contributed by atoms with Crippen LogP contribution in [-0.4, -0.2) is 39.9 Å². The van der Waals surface area contributed by atoms with Gasteiger partial charge >= 0.3 is 0 Å². The number of hydrogen-bond donors (Lipinski definition) is 1. The Labute approximate surface area is 137 Å². The molecule has 0 aromatic carbocycles. The fourth-order valence-electron chi connectivity index (χ4n) is 3.05. The molecular weight excluding hydrogens is 328 g/mol. The van der Waals surface area contributed by atoms with E-state index in [1.54, 1.807) is 0 Å². The van der Waals surface area contributed by atoms with Gasteiger partial charge in [-0.25, -0.2) is 0 Å². The molecule has 1 N–H and O–H groups in total. The molecule has 0 radical (unpaired) electrons. The Balaban J connectivity index is 2.13. The number of aryl methyl sites for hydroxylation is 2. The number of halogens is 1. The van der Waals surface area contributed by atoms with Crippen LogP contribution >= 0.6 is 15.9 Å². The molecule has 3 unspecified atom stereocenters. The Morgan fingerprint density at radius 3 is 2.76 bits per heavy atom. The maximum absolute atomic E-state index is 4.62. The number of hydrogen-bond acceptors (Lipinski definition) is 3. The first-order valence-corrected chi connectivity index (χ1v) is 8.96. The molecule has 0 spiro atoms. The SMILES string of the molecule is CCC(C)C1CN(Cc2c(Br)c(C)nn2CC)C(C)CN1. The third-order valence-corrected chi connectivity index (χ3v) is 5.90. The van der Waals surface area contributed by atoms with Gasteiger partial charge in [-0.1, -0.05) is 20.3 Å². The van der Waals surface area contributed by atoms with Crippen molar-refractivity contribution in [1.29, 1.82) is 0 Å². The van der Waals surface area contributed by atoms with E-state index in [0.29, 0.717) is 12.1 Å². The van der Waals surface area contributed by atoms with E-state index in [0.717, 1.165) is 37.8 Å². The Hall–Kier alpha value is -0.390. The zero-order chi connectivity index (χ0) is 15.6. The summed E-state index contributed by atoms with van der Waals surface area (Å²) in [5, 5.41) is 8.32. The molecule has 1 fully saturated rings. The minimum atomic E-state index is 0.567. The Bertz CT molecular complexity index is 471. The summed E-state index contributed by atoms with van der Waals surface area (Å²) in [7, 11) is 0. The van der Waals surface area contributed by atoms with E-state index >= 15 is 0 Å². The van der Waals surface area contributed by atoms with Crippen molar-refractivity contribution in [3.63, 3.8) is 0 Å². The van der Waals surface area contributed by atoms with Crippen LogP contribution in [0.5, 0.6) is 0 Å². The highest BCUT2D eigenvalue weighted by Crippen LogP contribution is 2.25. The van der Waals surface area contributed by atoms with E-state index in [4.69, 9.17) is 0 Å². The van der Waals surface area contributed by atoms with Crippen LogP contribution in [-0.2, 0) is 13.1 Å². The van der Waals surface area contributed by atoms with E-state index in [1.807, 2.05) is 0 Å². The van der Waals surface area contributed by atoms with Crippen molar-refractivity contribution in [3.05, 3.63) is 15.9 Å². The maximum Gasteiger partial charge on any atom is 0.0739 e. The molecule has 120 valence electrons. The van der Waals surface area contributed by atoms with Crippen LogP contribution in [0.1, 0.15) is 45.5 Å². The average molecular weight is 357 g/mol. The van der Waals surface area contributed by atoms with Crippen molar-refractivity contribution >= 4 is 15.9 Å². The second-order valence-corrected chi connectivity index (χ2v) is 7.13. The molecule has 5 heteroatoms. The van der Waals surface area contributed by atoms with Crippen molar-refractivity contribution in [2.75, 3.05) is 13.1 Å². The third kappa shape index (κ3) is 3.69. The van der Waals surface area contributed by atoms with Gasteiger partial charge in [-0.15, -0.1) is 0 Å². The van der Waals surface area contributed by atoms with E-state index < -0.39 is 0 Å². The summed E-state index contributed by atoms with van der Waals surface area (Å²) in [6.45, 7) is 15.3. The van der Waals surface area contributed by atoms with Crippen LogP contribution in [0, 0.1) is 12.8 Å². The van der Waals surface area contributed by atoms with Crippen LogP contribution < -0.4 is 5.32 Å². The maximum atomic E-state index is 4.62. The lowest BCUT2D eigenvalue weighted by molar-refractivity contribution is 0.108. The standard InChI is InChI=1S/C16H29BrN4/c1-6-11(3)14-9-20(12(4)8-18-14)10-15-16(17)13(5)19-21(15)7-2/h11-12,14,18H,6-10H2,1-5H3. The van der Waals surface area contributed by atoms with Gasteiger partial charge in [0, 0.05) is 38.3 Å². The molecule has 0 bridgehead atoms. The largest absolute Gasteiger partial charge is 0.311 e. The number of nitrogens with zero attached hydrogens (tertiary/aromatic N) is 3. The Morgan fingerprint density at radius 2 is 2.14 bits per heavy atom. The molecule has 1 aromatic rings. The van der Waals surface area contributed by atoms with Crippen LogP contribution in [0.25, 0.3) is 0 Å². The summed E-state index contributed by atoms with van der Waals surface area (Å²) in [5.41, 5.74) is 2.40. The molecule has 2 rings (SSSR count). The normalized spacial score (nSPS) is 25.2. The van der Waals surface area contributed by atoms with Crippen LogP contribution in [0.15, 0.2) is 4.47 Å². The van der Waals surface area contributed by atoms with Gasteiger partial charge in [0.1, 0.15) is 0 Å². The molecule has 1 saturated heterocycles. The highest BCUT2D eigenvalue weighted by Gasteiger charge is 2.29. The van der Waals surface area contributed by atoms with Gasteiger partial charge in [0.2, 0.25) is 0 Å². The molecule has 1 aliphatic rings. The highest BCUT2D eigenvalue weighted by atomic mass is 79.9. The summed E-state index contributed by atoms with van der Waals surface area (Å²) in [4.78, 5) is 2.60. The predicted molar refractivity (Wildman–Crippen MR) is 91.5 cm³/mol.